The zero-order valence-electron chi connectivity index (χ0n) is 8.72. The molecule has 0 aromatic carbocycles. The highest BCUT2D eigenvalue weighted by Gasteiger charge is 2.11. The van der Waals surface area contributed by atoms with Gasteiger partial charge in [0, 0.05) is 16.9 Å². The monoisotopic (exact) mass is 292 g/mol. The fourth-order valence-corrected chi connectivity index (χ4v) is 1.47. The molecule has 0 aliphatic carbocycles. The number of nitrogens with one attached hydrogen (secondary N) is 1. The molecule has 2 aromatic heterocycles. The first-order valence-corrected chi connectivity index (χ1v) is 5.59. The van der Waals surface area contributed by atoms with Crippen LogP contribution in [-0.2, 0) is 0 Å². The van der Waals surface area contributed by atoms with Gasteiger partial charge in [0.05, 0.1) is 5.69 Å². The number of anilines is 2. The third-order valence-electron chi connectivity index (χ3n) is 2.02. The van der Waals surface area contributed by atoms with E-state index in [0.717, 1.165) is 4.47 Å². The molecule has 5 nitrogen and oxygen atoms in total. The molecule has 2 aromatic rings. The lowest BCUT2D eigenvalue weighted by Gasteiger charge is -2.05. The van der Waals surface area contributed by atoms with E-state index in [0.29, 0.717) is 11.5 Å². The third-order valence-corrected chi connectivity index (χ3v) is 2.49. The summed E-state index contributed by atoms with van der Waals surface area (Å²) in [6, 6.07) is 6.76. The minimum absolute atomic E-state index is 0.192. The number of nitrogen functional groups attached to an aromatic ring is 1. The van der Waals surface area contributed by atoms with E-state index in [1.54, 1.807) is 30.5 Å². The number of hydrogen-bond donors (Lipinski definition) is 2. The van der Waals surface area contributed by atoms with Crippen LogP contribution in [0.2, 0.25) is 0 Å². The molecule has 0 unspecified atom stereocenters. The Morgan fingerprint density at radius 2 is 2.12 bits per heavy atom. The number of halogens is 1. The van der Waals surface area contributed by atoms with Gasteiger partial charge in [0.2, 0.25) is 0 Å². The van der Waals surface area contributed by atoms with Gasteiger partial charge in [0.15, 0.2) is 5.69 Å². The topological polar surface area (TPSA) is 80.9 Å². The van der Waals surface area contributed by atoms with Crippen molar-refractivity contribution in [2.45, 2.75) is 0 Å². The summed E-state index contributed by atoms with van der Waals surface area (Å²) in [5, 5.41) is 2.61. The lowest BCUT2D eigenvalue weighted by Crippen LogP contribution is -2.16. The maximum absolute atomic E-state index is 11.8. The van der Waals surface area contributed by atoms with Crippen LogP contribution in [0.5, 0.6) is 0 Å². The molecule has 3 N–H and O–H groups in total. The maximum Gasteiger partial charge on any atom is 0.277 e. The highest BCUT2D eigenvalue weighted by molar-refractivity contribution is 9.10. The molecular formula is C11H9BrN4O. The average Bonchev–Trinajstić information content (AvgIpc) is 2.32. The second-order valence-electron chi connectivity index (χ2n) is 3.26. The maximum atomic E-state index is 11.8. The van der Waals surface area contributed by atoms with Crippen molar-refractivity contribution in [1.82, 2.24) is 9.97 Å². The molecule has 0 aliphatic heterocycles. The Morgan fingerprint density at radius 3 is 2.76 bits per heavy atom. The van der Waals surface area contributed by atoms with Gasteiger partial charge < -0.3 is 11.1 Å². The number of aromatic nitrogens is 2. The molecule has 2 rings (SSSR count). The highest BCUT2D eigenvalue weighted by Crippen LogP contribution is 2.13. The summed E-state index contributed by atoms with van der Waals surface area (Å²) in [4.78, 5) is 19.8. The van der Waals surface area contributed by atoms with Crippen LogP contribution in [0.1, 0.15) is 10.5 Å². The van der Waals surface area contributed by atoms with Crippen molar-refractivity contribution >= 4 is 33.3 Å². The average molecular weight is 293 g/mol. The minimum Gasteiger partial charge on any atom is -0.397 e. The van der Waals surface area contributed by atoms with E-state index in [1.165, 1.54) is 6.20 Å². The van der Waals surface area contributed by atoms with E-state index >= 15 is 0 Å². The molecule has 0 spiro atoms. The number of rotatable bonds is 2. The van der Waals surface area contributed by atoms with Crippen molar-refractivity contribution in [3.8, 4) is 0 Å². The zero-order chi connectivity index (χ0) is 12.3. The summed E-state index contributed by atoms with van der Waals surface area (Å²) in [5.41, 5.74) is 6.18. The quantitative estimate of drug-likeness (QED) is 0.888. The Kier molecular flexibility index (Phi) is 3.34. The van der Waals surface area contributed by atoms with Crippen molar-refractivity contribution in [3.05, 3.63) is 46.8 Å². The van der Waals surface area contributed by atoms with Crippen molar-refractivity contribution in [3.63, 3.8) is 0 Å². The van der Waals surface area contributed by atoms with Crippen LogP contribution < -0.4 is 11.1 Å². The molecule has 17 heavy (non-hydrogen) atoms. The van der Waals surface area contributed by atoms with Crippen LogP contribution in [0, 0.1) is 0 Å². The number of nitrogens with zero attached hydrogens (tertiary/aromatic N) is 2. The normalized spacial score (nSPS) is 9.94. The van der Waals surface area contributed by atoms with Crippen LogP contribution in [0.15, 0.2) is 41.1 Å². The van der Waals surface area contributed by atoms with E-state index in [1.807, 2.05) is 0 Å². The fourth-order valence-electron chi connectivity index (χ4n) is 1.23. The summed E-state index contributed by atoms with van der Waals surface area (Å²) in [7, 11) is 0. The van der Waals surface area contributed by atoms with Crippen molar-refractivity contribution < 1.29 is 4.79 Å². The van der Waals surface area contributed by atoms with Gasteiger partial charge in [-0.1, -0.05) is 0 Å². The Morgan fingerprint density at radius 1 is 1.29 bits per heavy atom. The van der Waals surface area contributed by atoms with Gasteiger partial charge in [-0.2, -0.15) is 0 Å². The SMILES string of the molecule is Nc1cccnc1C(=O)Nc1ccc(Br)cn1. The first-order valence-electron chi connectivity index (χ1n) is 4.80. The number of pyridine rings is 2. The van der Waals surface area contributed by atoms with Gasteiger partial charge in [-0.25, -0.2) is 9.97 Å². The second kappa shape index (κ2) is 4.92. The molecule has 0 saturated heterocycles. The van der Waals surface area contributed by atoms with Crippen molar-refractivity contribution in [1.29, 1.82) is 0 Å². The van der Waals surface area contributed by atoms with Gasteiger partial charge in [-0.15, -0.1) is 0 Å². The van der Waals surface area contributed by atoms with Crippen LogP contribution >= 0.6 is 15.9 Å². The molecule has 0 aliphatic rings. The lowest BCUT2D eigenvalue weighted by atomic mass is 10.3. The van der Waals surface area contributed by atoms with Gasteiger partial charge in [0.25, 0.3) is 5.91 Å². The first kappa shape index (κ1) is 11.5. The Hall–Kier alpha value is -1.95. The summed E-state index contributed by atoms with van der Waals surface area (Å²) in [6.45, 7) is 0. The molecule has 0 saturated carbocycles. The van der Waals surface area contributed by atoms with E-state index < -0.39 is 0 Å². The summed E-state index contributed by atoms with van der Waals surface area (Å²) in [6.07, 6.45) is 3.11. The van der Waals surface area contributed by atoms with E-state index in [9.17, 15) is 4.79 Å². The largest absolute Gasteiger partial charge is 0.397 e. The zero-order valence-corrected chi connectivity index (χ0v) is 10.3. The summed E-state index contributed by atoms with van der Waals surface area (Å²) in [5.74, 6) is 0.0705. The predicted molar refractivity (Wildman–Crippen MR) is 68.5 cm³/mol. The van der Waals surface area contributed by atoms with Crippen LogP contribution in [0.4, 0.5) is 11.5 Å². The highest BCUT2D eigenvalue weighted by atomic mass is 79.9. The molecule has 0 radical (unpaired) electrons. The van der Waals surface area contributed by atoms with E-state index in [4.69, 9.17) is 5.73 Å². The Labute approximate surface area is 106 Å². The standard InChI is InChI=1S/C11H9BrN4O/c12-7-3-4-9(15-6-7)16-11(17)10-8(13)2-1-5-14-10/h1-6H,13H2,(H,15,16,17). The van der Waals surface area contributed by atoms with Gasteiger partial charge >= 0.3 is 0 Å². The number of amides is 1. The predicted octanol–water partition coefficient (Wildman–Crippen LogP) is 2.07. The Balaban J connectivity index is 2.17. The van der Waals surface area contributed by atoms with E-state index in [-0.39, 0.29) is 11.6 Å². The minimum atomic E-state index is -0.377. The summed E-state index contributed by atoms with van der Waals surface area (Å²) < 4.78 is 0.841. The lowest BCUT2D eigenvalue weighted by molar-refractivity contribution is 0.102. The fraction of sp³-hybridized carbons (Fsp3) is 0. The molecule has 0 bridgehead atoms. The van der Waals surface area contributed by atoms with Crippen LogP contribution in [-0.4, -0.2) is 15.9 Å². The number of carbonyl (C=O) groups excluding carboxylic acids is 1. The van der Waals surface area contributed by atoms with Gasteiger partial charge in [-0.05, 0) is 40.2 Å². The molecule has 1 amide bonds. The van der Waals surface area contributed by atoms with Crippen molar-refractivity contribution in [2.75, 3.05) is 11.1 Å². The van der Waals surface area contributed by atoms with Gasteiger partial charge in [0.1, 0.15) is 5.82 Å². The number of hydrogen-bond acceptors (Lipinski definition) is 4. The van der Waals surface area contributed by atoms with Gasteiger partial charge in [-0.3, -0.25) is 4.79 Å². The number of nitrogens with two attached hydrogens (primary N) is 1. The van der Waals surface area contributed by atoms with Crippen LogP contribution in [0.3, 0.4) is 0 Å². The third kappa shape index (κ3) is 2.79. The summed E-state index contributed by atoms with van der Waals surface area (Å²) >= 11 is 3.26. The van der Waals surface area contributed by atoms with Crippen molar-refractivity contribution in [2.24, 2.45) is 0 Å². The number of carbonyl (C=O) groups is 1. The van der Waals surface area contributed by atoms with Crippen LogP contribution in [0.25, 0.3) is 0 Å². The molecular weight excluding hydrogens is 284 g/mol. The molecule has 86 valence electrons. The smallest absolute Gasteiger partial charge is 0.277 e. The van der Waals surface area contributed by atoms with E-state index in [2.05, 4.69) is 31.2 Å². The molecule has 6 heteroatoms. The first-order chi connectivity index (χ1) is 8.16. The molecule has 2 heterocycles. The molecule has 0 atom stereocenters. The molecule has 0 fully saturated rings. The Bertz CT molecular complexity index is 541. The second-order valence-corrected chi connectivity index (χ2v) is 4.17.